The van der Waals surface area contributed by atoms with Crippen LogP contribution in [0.25, 0.3) is 0 Å². The van der Waals surface area contributed by atoms with Gasteiger partial charge in [-0.2, -0.15) is 0 Å². The summed E-state index contributed by atoms with van der Waals surface area (Å²) in [5.74, 6) is 3.16. The van der Waals surface area contributed by atoms with Gasteiger partial charge in [-0.1, -0.05) is 75.5 Å². The van der Waals surface area contributed by atoms with Gasteiger partial charge in [0.1, 0.15) is 13.7 Å². The minimum absolute atomic E-state index is 0.421. The molecule has 1 aromatic carbocycles. The fourth-order valence-electron chi connectivity index (χ4n) is 2.38. The molecule has 1 rings (SSSR count). The van der Waals surface area contributed by atoms with Crippen molar-refractivity contribution in [2.24, 2.45) is 0 Å². The van der Waals surface area contributed by atoms with E-state index in [1.54, 1.807) is 0 Å². The van der Waals surface area contributed by atoms with Crippen molar-refractivity contribution in [2.75, 3.05) is 0 Å². The van der Waals surface area contributed by atoms with Gasteiger partial charge in [0.15, 0.2) is 0 Å². The second-order valence-corrected chi connectivity index (χ2v) is 18.5. The van der Waals surface area contributed by atoms with Gasteiger partial charge in [-0.25, -0.2) is 0 Å². The monoisotopic (exact) mass is 318 g/mol. The molecule has 1 N–H and O–H groups in total. The van der Waals surface area contributed by atoms with Crippen molar-refractivity contribution in [3.05, 3.63) is 35.9 Å². The smallest absolute Gasteiger partial charge is 0.129 e. The van der Waals surface area contributed by atoms with Crippen molar-refractivity contribution >= 4 is 16.1 Å². The molecule has 0 bridgehead atoms. The molecule has 116 valence electrons. The van der Waals surface area contributed by atoms with E-state index in [0.29, 0.717) is 5.54 Å². The molecule has 0 aliphatic heterocycles. The quantitative estimate of drug-likeness (QED) is 0.632. The van der Waals surface area contributed by atoms with Crippen molar-refractivity contribution in [3.63, 3.8) is 0 Å². The Morgan fingerprint density at radius 1 is 1.05 bits per heavy atom. The molecule has 0 radical (unpaired) electrons. The zero-order chi connectivity index (χ0) is 16.3. The second kappa shape index (κ2) is 6.52. The average Bonchev–Trinajstić information content (AvgIpc) is 2.33. The molecule has 0 fully saturated rings. The van der Waals surface area contributed by atoms with E-state index < -0.39 is 21.7 Å². The molecule has 0 aliphatic carbocycles. The molecule has 2 unspecified atom stereocenters. The molecular weight excluding hydrogens is 288 g/mol. The Bertz CT molecular complexity index is 510. The molecule has 0 saturated heterocycles. The topological polar surface area (TPSA) is 20.2 Å². The van der Waals surface area contributed by atoms with E-state index in [9.17, 15) is 5.11 Å². The Hall–Kier alpha value is -0.826. The number of aliphatic hydroxyl groups is 1. The first-order valence-electron chi connectivity index (χ1n) is 7.72. The molecule has 21 heavy (non-hydrogen) atoms. The molecule has 0 spiro atoms. The molecule has 0 heterocycles. The first-order valence-corrected chi connectivity index (χ1v) is 14.8. The summed E-state index contributed by atoms with van der Waals surface area (Å²) in [7, 11) is -2.88. The van der Waals surface area contributed by atoms with E-state index in [-0.39, 0.29) is 0 Å². The Kier molecular flexibility index (Phi) is 5.65. The van der Waals surface area contributed by atoms with Crippen LogP contribution < -0.4 is 0 Å². The summed E-state index contributed by atoms with van der Waals surface area (Å²) in [5, 5.41) is 10.7. The van der Waals surface area contributed by atoms with Crippen LogP contribution in [0.2, 0.25) is 39.3 Å². The SMILES string of the molecule is CC(O)(C#C[Si](C)(C)C)CC(c1ccccc1)[Si](C)(C)C. The largest absolute Gasteiger partial charge is 0.378 e. The van der Waals surface area contributed by atoms with E-state index in [4.69, 9.17) is 0 Å². The predicted molar refractivity (Wildman–Crippen MR) is 98.9 cm³/mol. The normalized spacial score (nSPS) is 16.6. The van der Waals surface area contributed by atoms with Crippen molar-refractivity contribution in [3.8, 4) is 11.5 Å². The molecule has 1 aromatic rings. The Balaban J connectivity index is 3.05. The highest BCUT2D eigenvalue weighted by Crippen LogP contribution is 2.34. The minimum atomic E-state index is -1.45. The lowest BCUT2D eigenvalue weighted by Crippen LogP contribution is -2.37. The van der Waals surface area contributed by atoms with Crippen LogP contribution in [0.3, 0.4) is 0 Å². The molecule has 2 atom stereocenters. The summed E-state index contributed by atoms with van der Waals surface area (Å²) in [6.45, 7) is 15.6. The van der Waals surface area contributed by atoms with Gasteiger partial charge in [-0.3, -0.25) is 0 Å². The third-order valence-electron chi connectivity index (χ3n) is 3.56. The fourth-order valence-corrected chi connectivity index (χ4v) is 5.23. The third-order valence-corrected chi connectivity index (χ3v) is 7.06. The van der Waals surface area contributed by atoms with Crippen LogP contribution in [0.15, 0.2) is 30.3 Å². The molecule has 0 saturated carbocycles. The molecular formula is C18H30OSi2. The number of benzene rings is 1. The van der Waals surface area contributed by atoms with Gasteiger partial charge >= 0.3 is 0 Å². The molecule has 3 heteroatoms. The standard InChI is InChI=1S/C18H30OSi2/c1-18(19,13-14-20(2,3)4)15-17(21(5,6)7)16-11-9-8-10-12-16/h8-12,17,19H,15H2,1-7H3. The lowest BCUT2D eigenvalue weighted by Gasteiger charge is -2.33. The van der Waals surface area contributed by atoms with Crippen LogP contribution in [0.4, 0.5) is 0 Å². The van der Waals surface area contributed by atoms with Crippen LogP contribution in [0, 0.1) is 11.5 Å². The highest BCUT2D eigenvalue weighted by Gasteiger charge is 2.34. The lowest BCUT2D eigenvalue weighted by atomic mass is 9.97. The summed E-state index contributed by atoms with van der Waals surface area (Å²) >= 11 is 0. The summed E-state index contributed by atoms with van der Waals surface area (Å²) in [5.41, 5.74) is 4.18. The van der Waals surface area contributed by atoms with Gasteiger partial charge in [0.05, 0.1) is 8.07 Å². The van der Waals surface area contributed by atoms with Crippen molar-refractivity contribution < 1.29 is 5.11 Å². The summed E-state index contributed by atoms with van der Waals surface area (Å²) in [6.07, 6.45) is 0.726. The van der Waals surface area contributed by atoms with E-state index >= 15 is 0 Å². The molecule has 1 nitrogen and oxygen atoms in total. The Morgan fingerprint density at radius 3 is 2.00 bits per heavy atom. The van der Waals surface area contributed by atoms with Gasteiger partial charge in [-0.15, -0.1) is 5.54 Å². The maximum Gasteiger partial charge on any atom is 0.129 e. The summed E-state index contributed by atoms with van der Waals surface area (Å²) < 4.78 is 0. The van der Waals surface area contributed by atoms with Crippen LogP contribution in [0.1, 0.15) is 24.4 Å². The first kappa shape index (κ1) is 18.2. The fraction of sp³-hybridized carbons (Fsp3) is 0.556. The lowest BCUT2D eigenvalue weighted by molar-refractivity contribution is 0.110. The second-order valence-electron chi connectivity index (χ2n) is 8.31. The highest BCUT2D eigenvalue weighted by molar-refractivity contribution is 6.83. The molecule has 0 aliphatic rings. The van der Waals surface area contributed by atoms with Crippen LogP contribution in [-0.4, -0.2) is 26.9 Å². The van der Waals surface area contributed by atoms with E-state index in [2.05, 4.69) is 75.0 Å². The van der Waals surface area contributed by atoms with Gasteiger partial charge in [0.25, 0.3) is 0 Å². The predicted octanol–water partition coefficient (Wildman–Crippen LogP) is 4.67. The summed E-state index contributed by atoms with van der Waals surface area (Å²) in [4.78, 5) is 0. The summed E-state index contributed by atoms with van der Waals surface area (Å²) in [6, 6.07) is 10.6. The van der Waals surface area contributed by atoms with Crippen LogP contribution >= 0.6 is 0 Å². The maximum atomic E-state index is 10.7. The minimum Gasteiger partial charge on any atom is -0.378 e. The van der Waals surface area contributed by atoms with E-state index in [1.807, 2.05) is 13.0 Å². The van der Waals surface area contributed by atoms with E-state index in [0.717, 1.165) is 6.42 Å². The third kappa shape index (κ3) is 6.64. The molecule has 0 amide bonds. The Labute approximate surface area is 132 Å². The van der Waals surface area contributed by atoms with Crippen molar-refractivity contribution in [1.29, 1.82) is 0 Å². The highest BCUT2D eigenvalue weighted by atomic mass is 28.3. The van der Waals surface area contributed by atoms with Gasteiger partial charge in [-0.05, 0) is 24.4 Å². The van der Waals surface area contributed by atoms with Gasteiger partial charge in [0.2, 0.25) is 0 Å². The van der Waals surface area contributed by atoms with E-state index in [1.165, 1.54) is 5.56 Å². The zero-order valence-corrected chi connectivity index (χ0v) is 16.6. The van der Waals surface area contributed by atoms with Crippen LogP contribution in [-0.2, 0) is 0 Å². The Morgan fingerprint density at radius 2 is 1.57 bits per heavy atom. The van der Waals surface area contributed by atoms with Crippen molar-refractivity contribution in [1.82, 2.24) is 0 Å². The first-order chi connectivity index (χ1) is 9.41. The zero-order valence-electron chi connectivity index (χ0n) is 14.6. The van der Waals surface area contributed by atoms with Crippen LogP contribution in [0.5, 0.6) is 0 Å². The van der Waals surface area contributed by atoms with Crippen molar-refractivity contribution in [2.45, 2.75) is 63.8 Å². The van der Waals surface area contributed by atoms with Gasteiger partial charge in [0, 0.05) is 0 Å². The number of hydrogen-bond donors (Lipinski definition) is 1. The van der Waals surface area contributed by atoms with Gasteiger partial charge < -0.3 is 5.11 Å². The number of rotatable bonds is 4. The maximum absolute atomic E-state index is 10.7. The number of hydrogen-bond acceptors (Lipinski definition) is 1. The molecule has 0 aromatic heterocycles. The average molecular weight is 319 g/mol.